The molecule has 0 saturated carbocycles. The third-order valence-electron chi connectivity index (χ3n) is 4.43. The van der Waals surface area contributed by atoms with Crippen LogP contribution < -0.4 is 5.32 Å². The number of carbonyl (C=O) groups is 2. The maximum atomic E-state index is 12.3. The summed E-state index contributed by atoms with van der Waals surface area (Å²) < 4.78 is 5.32. The van der Waals surface area contributed by atoms with Gasteiger partial charge in [-0.2, -0.15) is 0 Å². The molecule has 22 heavy (non-hydrogen) atoms. The number of hydrogen-bond donors (Lipinski definition) is 1. The summed E-state index contributed by atoms with van der Waals surface area (Å²) in [6, 6.07) is 0. The number of carbonyl (C=O) groups excluding carboxylic acids is 2. The molecule has 0 aromatic heterocycles. The van der Waals surface area contributed by atoms with Crippen LogP contribution in [0, 0.1) is 5.92 Å². The highest BCUT2D eigenvalue weighted by Gasteiger charge is 2.35. The van der Waals surface area contributed by atoms with Crippen molar-refractivity contribution in [2.75, 3.05) is 73.1 Å². The van der Waals surface area contributed by atoms with Crippen LogP contribution in [-0.2, 0) is 14.3 Å². The van der Waals surface area contributed by atoms with Crippen LogP contribution in [0.3, 0.4) is 0 Å². The van der Waals surface area contributed by atoms with E-state index in [1.807, 2.05) is 11.9 Å². The predicted octanol–water partition coefficient (Wildman–Crippen LogP) is -1.16. The topological polar surface area (TPSA) is 65.1 Å². The zero-order chi connectivity index (χ0) is 15.9. The van der Waals surface area contributed by atoms with Crippen LogP contribution >= 0.6 is 0 Å². The molecule has 2 rings (SSSR count). The Balaban J connectivity index is 1.76. The Kier molecular flexibility index (Phi) is 6.60. The lowest BCUT2D eigenvalue weighted by Gasteiger charge is -2.28. The van der Waals surface area contributed by atoms with Gasteiger partial charge in [0.25, 0.3) is 0 Å². The lowest BCUT2D eigenvalue weighted by atomic mass is 10.1. The average Bonchev–Trinajstić information content (AvgIpc) is 2.91. The van der Waals surface area contributed by atoms with Crippen molar-refractivity contribution in [3.05, 3.63) is 0 Å². The SMILES string of the molecule is CNCCN(C)C(=O)C1CC(=O)N(CCN2CCOCC2)C1. The Morgan fingerprint density at radius 1 is 1.36 bits per heavy atom. The van der Waals surface area contributed by atoms with Gasteiger partial charge >= 0.3 is 0 Å². The van der Waals surface area contributed by atoms with Gasteiger partial charge in [0.2, 0.25) is 11.8 Å². The second-order valence-electron chi connectivity index (χ2n) is 6.06. The van der Waals surface area contributed by atoms with Crippen molar-refractivity contribution in [1.29, 1.82) is 0 Å². The maximum Gasteiger partial charge on any atom is 0.227 e. The van der Waals surface area contributed by atoms with Crippen LogP contribution in [0.15, 0.2) is 0 Å². The molecule has 7 heteroatoms. The molecule has 2 fully saturated rings. The molecule has 1 atom stereocenters. The van der Waals surface area contributed by atoms with E-state index in [2.05, 4.69) is 10.2 Å². The summed E-state index contributed by atoms with van der Waals surface area (Å²) in [4.78, 5) is 30.3. The van der Waals surface area contributed by atoms with E-state index in [-0.39, 0.29) is 17.7 Å². The molecule has 2 saturated heterocycles. The van der Waals surface area contributed by atoms with Crippen molar-refractivity contribution in [3.8, 4) is 0 Å². The number of ether oxygens (including phenoxy) is 1. The lowest BCUT2D eigenvalue weighted by Crippen LogP contribution is -2.42. The fourth-order valence-corrected chi connectivity index (χ4v) is 2.94. The normalized spacial score (nSPS) is 23.1. The molecule has 2 amide bonds. The first-order chi connectivity index (χ1) is 10.6. The van der Waals surface area contributed by atoms with Gasteiger partial charge in [-0.3, -0.25) is 14.5 Å². The van der Waals surface area contributed by atoms with Gasteiger partial charge in [0.15, 0.2) is 0 Å². The fraction of sp³-hybridized carbons (Fsp3) is 0.867. The van der Waals surface area contributed by atoms with Gasteiger partial charge < -0.3 is 19.9 Å². The van der Waals surface area contributed by atoms with E-state index in [0.29, 0.717) is 26.1 Å². The molecule has 126 valence electrons. The molecule has 7 nitrogen and oxygen atoms in total. The summed E-state index contributed by atoms with van der Waals surface area (Å²) in [6.07, 6.45) is 0.353. The zero-order valence-corrected chi connectivity index (χ0v) is 13.7. The van der Waals surface area contributed by atoms with Crippen molar-refractivity contribution in [1.82, 2.24) is 20.0 Å². The summed E-state index contributed by atoms with van der Waals surface area (Å²) in [5, 5.41) is 3.03. The van der Waals surface area contributed by atoms with Gasteiger partial charge in [-0.25, -0.2) is 0 Å². The predicted molar refractivity (Wildman–Crippen MR) is 83.5 cm³/mol. The van der Waals surface area contributed by atoms with Crippen molar-refractivity contribution in [2.24, 2.45) is 5.92 Å². The molecular weight excluding hydrogens is 284 g/mol. The Labute approximate surface area is 132 Å². The molecule has 0 aliphatic carbocycles. The minimum atomic E-state index is -0.181. The molecule has 1 N–H and O–H groups in total. The minimum Gasteiger partial charge on any atom is -0.379 e. The van der Waals surface area contributed by atoms with Gasteiger partial charge in [0.1, 0.15) is 0 Å². The number of likely N-dealkylation sites (tertiary alicyclic amines) is 1. The van der Waals surface area contributed by atoms with Crippen molar-refractivity contribution >= 4 is 11.8 Å². The number of morpholine rings is 1. The minimum absolute atomic E-state index is 0.0810. The third-order valence-corrected chi connectivity index (χ3v) is 4.43. The number of amides is 2. The third kappa shape index (κ3) is 4.66. The van der Waals surface area contributed by atoms with Gasteiger partial charge in [0, 0.05) is 59.3 Å². The highest BCUT2D eigenvalue weighted by Crippen LogP contribution is 2.19. The molecule has 2 heterocycles. The lowest BCUT2D eigenvalue weighted by molar-refractivity contribution is -0.134. The van der Waals surface area contributed by atoms with E-state index in [4.69, 9.17) is 4.74 Å². The van der Waals surface area contributed by atoms with Crippen molar-refractivity contribution < 1.29 is 14.3 Å². The van der Waals surface area contributed by atoms with Crippen LogP contribution in [0.1, 0.15) is 6.42 Å². The number of hydrogen-bond acceptors (Lipinski definition) is 5. The summed E-state index contributed by atoms with van der Waals surface area (Å²) in [6.45, 7) is 6.97. The van der Waals surface area contributed by atoms with Gasteiger partial charge in [-0.15, -0.1) is 0 Å². The van der Waals surface area contributed by atoms with Gasteiger partial charge in [-0.1, -0.05) is 0 Å². The molecule has 0 bridgehead atoms. The first-order valence-electron chi connectivity index (χ1n) is 8.09. The van der Waals surface area contributed by atoms with E-state index >= 15 is 0 Å². The Bertz CT molecular complexity index is 385. The summed E-state index contributed by atoms with van der Waals surface area (Å²) in [5.74, 6) is 0.00476. The monoisotopic (exact) mass is 312 g/mol. The summed E-state index contributed by atoms with van der Waals surface area (Å²) >= 11 is 0. The van der Waals surface area contributed by atoms with Crippen LogP contribution in [0.5, 0.6) is 0 Å². The van der Waals surface area contributed by atoms with E-state index in [1.165, 1.54) is 0 Å². The molecule has 0 aromatic carbocycles. The zero-order valence-electron chi connectivity index (χ0n) is 13.7. The molecule has 2 aliphatic rings. The Hall–Kier alpha value is -1.18. The Morgan fingerprint density at radius 2 is 2.09 bits per heavy atom. The maximum absolute atomic E-state index is 12.3. The fourth-order valence-electron chi connectivity index (χ4n) is 2.94. The number of likely N-dealkylation sites (N-methyl/N-ethyl adjacent to an activating group) is 2. The smallest absolute Gasteiger partial charge is 0.227 e. The van der Waals surface area contributed by atoms with E-state index < -0.39 is 0 Å². The van der Waals surface area contributed by atoms with E-state index in [0.717, 1.165) is 39.4 Å². The first kappa shape index (κ1) is 17.2. The van der Waals surface area contributed by atoms with Crippen LogP contribution in [0.4, 0.5) is 0 Å². The van der Waals surface area contributed by atoms with Crippen LogP contribution in [0.2, 0.25) is 0 Å². The molecule has 1 unspecified atom stereocenters. The van der Waals surface area contributed by atoms with Crippen LogP contribution in [0.25, 0.3) is 0 Å². The standard InChI is InChI=1S/C15H28N4O3/c1-16-3-4-17(2)15(21)13-11-14(20)19(12-13)6-5-18-7-9-22-10-8-18/h13,16H,3-12H2,1-2H3. The van der Waals surface area contributed by atoms with Crippen molar-refractivity contribution in [3.63, 3.8) is 0 Å². The molecular formula is C15H28N4O3. The average molecular weight is 312 g/mol. The molecule has 2 aliphatic heterocycles. The quantitative estimate of drug-likeness (QED) is 0.643. The van der Waals surface area contributed by atoms with E-state index in [1.54, 1.807) is 11.9 Å². The number of nitrogens with zero attached hydrogens (tertiary/aromatic N) is 3. The van der Waals surface area contributed by atoms with Gasteiger partial charge in [-0.05, 0) is 7.05 Å². The molecule has 0 spiro atoms. The second-order valence-corrected chi connectivity index (χ2v) is 6.06. The molecule has 0 aromatic rings. The summed E-state index contributed by atoms with van der Waals surface area (Å²) in [7, 11) is 3.67. The van der Waals surface area contributed by atoms with Crippen molar-refractivity contribution in [2.45, 2.75) is 6.42 Å². The van der Waals surface area contributed by atoms with E-state index in [9.17, 15) is 9.59 Å². The highest BCUT2D eigenvalue weighted by molar-refractivity contribution is 5.89. The molecule has 0 radical (unpaired) electrons. The largest absolute Gasteiger partial charge is 0.379 e. The van der Waals surface area contributed by atoms with Crippen LogP contribution in [-0.4, -0.2) is 99.6 Å². The first-order valence-corrected chi connectivity index (χ1v) is 8.09. The number of nitrogens with one attached hydrogen (secondary N) is 1. The second kappa shape index (κ2) is 8.45. The Morgan fingerprint density at radius 3 is 2.77 bits per heavy atom. The number of rotatable bonds is 7. The van der Waals surface area contributed by atoms with Gasteiger partial charge in [0.05, 0.1) is 19.1 Å². The summed E-state index contributed by atoms with van der Waals surface area (Å²) in [5.41, 5.74) is 0. The highest BCUT2D eigenvalue weighted by atomic mass is 16.5.